The monoisotopic (exact) mass is 258 g/mol. The van der Waals surface area contributed by atoms with E-state index in [1.165, 1.54) is 4.90 Å². The average molecular weight is 258 g/mol. The highest BCUT2D eigenvalue weighted by Gasteiger charge is 2.37. The smallest absolute Gasteiger partial charge is 0.399 e. The van der Waals surface area contributed by atoms with Crippen LogP contribution < -0.4 is 5.73 Å². The van der Waals surface area contributed by atoms with E-state index < -0.39 is 12.7 Å². The Kier molecular flexibility index (Phi) is 3.05. The standard InChI is InChI=1S/C13H17F3N2/c1-12(2)7-18(8-13(14,15)16)6-9-3-4-10(17)5-11(9)12/h3-5H,6-8,17H2,1-2H3. The van der Waals surface area contributed by atoms with Crippen molar-refractivity contribution in [1.29, 1.82) is 0 Å². The zero-order chi connectivity index (χ0) is 13.6. The summed E-state index contributed by atoms with van der Waals surface area (Å²) < 4.78 is 37.4. The van der Waals surface area contributed by atoms with E-state index in [0.29, 0.717) is 18.8 Å². The zero-order valence-corrected chi connectivity index (χ0v) is 10.5. The van der Waals surface area contributed by atoms with Gasteiger partial charge in [-0.1, -0.05) is 19.9 Å². The van der Waals surface area contributed by atoms with Crippen LogP contribution in [0.5, 0.6) is 0 Å². The van der Waals surface area contributed by atoms with Crippen molar-refractivity contribution in [1.82, 2.24) is 4.90 Å². The van der Waals surface area contributed by atoms with E-state index in [1.807, 2.05) is 26.0 Å². The number of fused-ring (bicyclic) bond motifs is 1. The summed E-state index contributed by atoms with van der Waals surface area (Å²) in [5.41, 5.74) is 8.08. The Morgan fingerprint density at radius 3 is 2.61 bits per heavy atom. The molecule has 1 aliphatic heterocycles. The molecular weight excluding hydrogens is 241 g/mol. The number of hydrogen-bond acceptors (Lipinski definition) is 2. The van der Waals surface area contributed by atoms with Gasteiger partial charge in [-0.25, -0.2) is 0 Å². The number of anilines is 1. The second-order valence-corrected chi connectivity index (χ2v) is 5.56. The second kappa shape index (κ2) is 4.16. The van der Waals surface area contributed by atoms with Gasteiger partial charge in [0, 0.05) is 24.2 Å². The van der Waals surface area contributed by atoms with Gasteiger partial charge < -0.3 is 5.73 Å². The van der Waals surface area contributed by atoms with Crippen molar-refractivity contribution in [3.05, 3.63) is 29.3 Å². The fraction of sp³-hybridized carbons (Fsp3) is 0.538. The summed E-state index contributed by atoms with van der Waals surface area (Å²) in [7, 11) is 0. The molecule has 100 valence electrons. The summed E-state index contributed by atoms with van der Waals surface area (Å²) in [6.07, 6.45) is -4.15. The predicted molar refractivity (Wildman–Crippen MR) is 65.2 cm³/mol. The van der Waals surface area contributed by atoms with Gasteiger partial charge in [-0.2, -0.15) is 13.2 Å². The van der Waals surface area contributed by atoms with Crippen molar-refractivity contribution in [2.45, 2.75) is 32.0 Å². The maximum atomic E-state index is 12.5. The van der Waals surface area contributed by atoms with Crippen LogP contribution in [0.15, 0.2) is 18.2 Å². The van der Waals surface area contributed by atoms with Crippen LogP contribution in [-0.4, -0.2) is 24.2 Å². The number of halogens is 3. The van der Waals surface area contributed by atoms with Crippen molar-refractivity contribution in [2.24, 2.45) is 0 Å². The highest BCUT2D eigenvalue weighted by molar-refractivity contribution is 5.48. The van der Waals surface area contributed by atoms with E-state index in [1.54, 1.807) is 6.07 Å². The molecule has 1 aromatic rings. The molecule has 2 nitrogen and oxygen atoms in total. The van der Waals surface area contributed by atoms with Crippen LogP contribution in [0.2, 0.25) is 0 Å². The number of nitrogen functional groups attached to an aromatic ring is 1. The molecule has 5 heteroatoms. The summed E-state index contributed by atoms with van der Waals surface area (Å²) in [5.74, 6) is 0. The lowest BCUT2D eigenvalue weighted by Crippen LogP contribution is -2.45. The van der Waals surface area contributed by atoms with Crippen molar-refractivity contribution in [2.75, 3.05) is 18.8 Å². The molecule has 0 saturated carbocycles. The number of alkyl halides is 3. The van der Waals surface area contributed by atoms with Crippen molar-refractivity contribution < 1.29 is 13.2 Å². The largest absolute Gasteiger partial charge is 0.401 e. The fourth-order valence-electron chi connectivity index (χ4n) is 2.67. The lowest BCUT2D eigenvalue weighted by Gasteiger charge is -2.40. The van der Waals surface area contributed by atoms with Crippen LogP contribution in [-0.2, 0) is 12.0 Å². The highest BCUT2D eigenvalue weighted by atomic mass is 19.4. The predicted octanol–water partition coefficient (Wildman–Crippen LogP) is 2.92. The zero-order valence-electron chi connectivity index (χ0n) is 10.5. The molecule has 0 spiro atoms. The Hall–Kier alpha value is -1.23. The Balaban J connectivity index is 2.30. The maximum absolute atomic E-state index is 12.5. The number of benzene rings is 1. The Morgan fingerprint density at radius 2 is 2.00 bits per heavy atom. The normalized spacial score (nSPS) is 19.6. The van der Waals surface area contributed by atoms with Gasteiger partial charge in [-0.15, -0.1) is 0 Å². The molecule has 1 aliphatic rings. The number of rotatable bonds is 1. The molecule has 1 aromatic carbocycles. The molecule has 0 atom stereocenters. The number of nitrogens with two attached hydrogens (primary N) is 1. The van der Waals surface area contributed by atoms with Gasteiger partial charge in [-0.3, -0.25) is 4.90 Å². The Labute approximate surface area is 105 Å². The van der Waals surface area contributed by atoms with E-state index in [9.17, 15) is 13.2 Å². The Morgan fingerprint density at radius 1 is 1.33 bits per heavy atom. The lowest BCUT2D eigenvalue weighted by atomic mass is 9.78. The minimum absolute atomic E-state index is 0.311. The lowest BCUT2D eigenvalue weighted by molar-refractivity contribution is -0.149. The summed E-state index contributed by atoms with van der Waals surface area (Å²) in [6, 6.07) is 5.45. The topological polar surface area (TPSA) is 29.3 Å². The van der Waals surface area contributed by atoms with Crippen molar-refractivity contribution in [3.8, 4) is 0 Å². The first-order valence-electron chi connectivity index (χ1n) is 5.85. The van der Waals surface area contributed by atoms with Crippen LogP contribution in [0.25, 0.3) is 0 Å². The van der Waals surface area contributed by atoms with E-state index >= 15 is 0 Å². The highest BCUT2D eigenvalue weighted by Crippen LogP contribution is 2.35. The molecular formula is C13H17F3N2. The molecule has 2 N–H and O–H groups in total. The van der Waals surface area contributed by atoms with Gasteiger partial charge in [0.2, 0.25) is 0 Å². The third-order valence-corrected chi connectivity index (χ3v) is 3.28. The molecule has 0 aliphatic carbocycles. The van der Waals surface area contributed by atoms with Crippen molar-refractivity contribution in [3.63, 3.8) is 0 Å². The summed E-state index contributed by atoms with van der Waals surface area (Å²) in [4.78, 5) is 1.44. The van der Waals surface area contributed by atoms with Crippen LogP contribution in [0.4, 0.5) is 18.9 Å². The molecule has 0 aromatic heterocycles. The molecule has 1 heterocycles. The third-order valence-electron chi connectivity index (χ3n) is 3.28. The van der Waals surface area contributed by atoms with Crippen molar-refractivity contribution >= 4 is 5.69 Å². The van der Waals surface area contributed by atoms with Crippen LogP contribution >= 0.6 is 0 Å². The Bertz CT molecular complexity index is 452. The summed E-state index contributed by atoms with van der Waals surface area (Å²) in [6.45, 7) is 3.77. The molecule has 0 fully saturated rings. The van der Waals surface area contributed by atoms with Gasteiger partial charge in [0.15, 0.2) is 0 Å². The maximum Gasteiger partial charge on any atom is 0.401 e. The molecule has 2 rings (SSSR count). The fourth-order valence-corrected chi connectivity index (χ4v) is 2.67. The van der Waals surface area contributed by atoms with Gasteiger partial charge in [0.25, 0.3) is 0 Å². The van der Waals surface area contributed by atoms with Gasteiger partial charge in [0.1, 0.15) is 0 Å². The summed E-state index contributed by atoms with van der Waals surface area (Å²) >= 11 is 0. The first-order valence-corrected chi connectivity index (χ1v) is 5.85. The molecule has 0 unspecified atom stereocenters. The minimum atomic E-state index is -4.15. The molecule has 0 bridgehead atoms. The van der Waals surface area contributed by atoms with Crippen LogP contribution in [0, 0.1) is 0 Å². The van der Waals surface area contributed by atoms with E-state index in [-0.39, 0.29) is 5.41 Å². The second-order valence-electron chi connectivity index (χ2n) is 5.56. The van der Waals surface area contributed by atoms with Gasteiger partial charge >= 0.3 is 6.18 Å². The summed E-state index contributed by atoms with van der Waals surface area (Å²) in [5, 5.41) is 0. The minimum Gasteiger partial charge on any atom is -0.399 e. The molecule has 0 radical (unpaired) electrons. The van der Waals surface area contributed by atoms with E-state index in [0.717, 1.165) is 11.1 Å². The average Bonchev–Trinajstić information content (AvgIpc) is 2.16. The molecule has 0 saturated heterocycles. The third kappa shape index (κ3) is 2.77. The van der Waals surface area contributed by atoms with E-state index in [2.05, 4.69) is 0 Å². The van der Waals surface area contributed by atoms with Crippen LogP contribution in [0.3, 0.4) is 0 Å². The quantitative estimate of drug-likeness (QED) is 0.785. The number of nitrogens with zero attached hydrogens (tertiary/aromatic N) is 1. The van der Waals surface area contributed by atoms with Gasteiger partial charge in [-0.05, 0) is 23.3 Å². The first-order chi connectivity index (χ1) is 8.17. The molecule has 18 heavy (non-hydrogen) atoms. The van der Waals surface area contributed by atoms with E-state index in [4.69, 9.17) is 5.73 Å². The number of hydrogen-bond donors (Lipinski definition) is 1. The molecule has 0 amide bonds. The SMILES string of the molecule is CC1(C)CN(CC(F)(F)F)Cc2ccc(N)cc21. The first kappa shape index (κ1) is 13.2. The van der Waals surface area contributed by atoms with Crippen LogP contribution in [0.1, 0.15) is 25.0 Å². The van der Waals surface area contributed by atoms with Gasteiger partial charge in [0.05, 0.1) is 6.54 Å².